The summed E-state index contributed by atoms with van der Waals surface area (Å²) in [7, 11) is 0. The van der Waals surface area contributed by atoms with Gasteiger partial charge in [-0.3, -0.25) is 4.68 Å². The standard InChI is InChI=1S/C16H29N3S/c1-6-19-14(4)15(13(3)18-19)12(2)17-11-16(20-5)9-7-8-10-16/h12,17H,6-11H2,1-5H3. The van der Waals surface area contributed by atoms with Crippen LogP contribution in [0.4, 0.5) is 0 Å². The molecule has 0 radical (unpaired) electrons. The second-order valence-corrected chi connectivity index (χ2v) is 7.37. The number of hydrogen-bond donors (Lipinski definition) is 1. The summed E-state index contributed by atoms with van der Waals surface area (Å²) in [6, 6.07) is 0.389. The molecule has 4 heteroatoms. The van der Waals surface area contributed by atoms with Gasteiger partial charge in [0.1, 0.15) is 0 Å². The minimum Gasteiger partial charge on any atom is -0.309 e. The molecule has 0 aromatic carbocycles. The van der Waals surface area contributed by atoms with Crippen LogP contribution in [0.5, 0.6) is 0 Å². The number of hydrogen-bond acceptors (Lipinski definition) is 3. The fraction of sp³-hybridized carbons (Fsp3) is 0.812. The Balaban J connectivity index is 2.05. The minimum atomic E-state index is 0.389. The second-order valence-electron chi connectivity index (χ2n) is 6.10. The highest BCUT2D eigenvalue weighted by atomic mass is 32.2. The number of aryl methyl sites for hydroxylation is 2. The molecule has 114 valence electrons. The summed E-state index contributed by atoms with van der Waals surface area (Å²) in [5.74, 6) is 0. The van der Waals surface area contributed by atoms with Crippen LogP contribution in [0.15, 0.2) is 0 Å². The average Bonchev–Trinajstić information content (AvgIpc) is 3.02. The van der Waals surface area contributed by atoms with Gasteiger partial charge in [-0.05, 0) is 46.8 Å². The Bertz CT molecular complexity index is 447. The van der Waals surface area contributed by atoms with E-state index in [0.717, 1.165) is 13.1 Å². The number of rotatable bonds is 6. The monoisotopic (exact) mass is 295 g/mol. The molecule has 0 amide bonds. The molecule has 2 rings (SSSR count). The highest BCUT2D eigenvalue weighted by molar-refractivity contribution is 8.00. The molecule has 1 aliphatic rings. The van der Waals surface area contributed by atoms with Gasteiger partial charge in [0.2, 0.25) is 0 Å². The number of nitrogens with zero attached hydrogens (tertiary/aromatic N) is 2. The zero-order chi connectivity index (χ0) is 14.8. The van der Waals surface area contributed by atoms with Crippen molar-refractivity contribution in [3.8, 4) is 0 Å². The number of thioether (sulfide) groups is 1. The van der Waals surface area contributed by atoms with Gasteiger partial charge in [0, 0.05) is 35.1 Å². The van der Waals surface area contributed by atoms with Gasteiger partial charge in [-0.1, -0.05) is 12.8 Å². The molecule has 1 aliphatic carbocycles. The second kappa shape index (κ2) is 6.52. The summed E-state index contributed by atoms with van der Waals surface area (Å²) >= 11 is 2.05. The molecule has 1 aromatic heterocycles. The lowest BCUT2D eigenvalue weighted by molar-refractivity contribution is 0.484. The lowest BCUT2D eigenvalue weighted by Gasteiger charge is -2.29. The molecule has 0 saturated heterocycles. The van der Waals surface area contributed by atoms with Crippen molar-refractivity contribution in [2.45, 2.75) is 70.7 Å². The van der Waals surface area contributed by atoms with E-state index in [9.17, 15) is 0 Å². The molecule has 3 nitrogen and oxygen atoms in total. The Hall–Kier alpha value is -0.480. The molecule has 0 aliphatic heterocycles. The van der Waals surface area contributed by atoms with Crippen LogP contribution in [0.2, 0.25) is 0 Å². The first-order chi connectivity index (χ1) is 9.53. The quantitative estimate of drug-likeness (QED) is 0.864. The van der Waals surface area contributed by atoms with Crippen LogP contribution in [0, 0.1) is 13.8 Å². The van der Waals surface area contributed by atoms with Crippen molar-refractivity contribution < 1.29 is 0 Å². The average molecular weight is 295 g/mol. The number of nitrogens with one attached hydrogen (secondary N) is 1. The lowest BCUT2D eigenvalue weighted by atomic mass is 10.0. The summed E-state index contributed by atoms with van der Waals surface area (Å²) in [6.45, 7) is 10.8. The van der Waals surface area contributed by atoms with Crippen LogP contribution in [0.25, 0.3) is 0 Å². The van der Waals surface area contributed by atoms with Crippen molar-refractivity contribution >= 4 is 11.8 Å². The maximum Gasteiger partial charge on any atom is 0.0644 e. The highest BCUT2D eigenvalue weighted by Crippen LogP contribution is 2.40. The maximum absolute atomic E-state index is 4.64. The van der Waals surface area contributed by atoms with Gasteiger partial charge in [-0.25, -0.2) is 0 Å². The Labute approximate surface area is 127 Å². The third-order valence-corrected chi connectivity index (χ3v) is 6.27. The third kappa shape index (κ3) is 3.06. The van der Waals surface area contributed by atoms with E-state index in [0.29, 0.717) is 10.8 Å². The predicted octanol–water partition coefficient (Wildman–Crippen LogP) is 3.85. The molecule has 0 bridgehead atoms. The normalized spacial score (nSPS) is 19.4. The van der Waals surface area contributed by atoms with Gasteiger partial charge in [0.05, 0.1) is 5.69 Å². The van der Waals surface area contributed by atoms with Gasteiger partial charge < -0.3 is 5.32 Å². The van der Waals surface area contributed by atoms with Gasteiger partial charge >= 0.3 is 0 Å². The summed E-state index contributed by atoms with van der Waals surface area (Å²) in [6.07, 6.45) is 7.77. The molecular formula is C16H29N3S. The molecule has 1 N–H and O–H groups in total. The van der Waals surface area contributed by atoms with Crippen molar-refractivity contribution in [2.75, 3.05) is 12.8 Å². The molecule has 1 aromatic rings. The zero-order valence-corrected chi connectivity index (χ0v) is 14.4. The predicted molar refractivity (Wildman–Crippen MR) is 88.5 cm³/mol. The van der Waals surface area contributed by atoms with Crippen molar-refractivity contribution in [1.29, 1.82) is 0 Å². The Morgan fingerprint density at radius 3 is 2.50 bits per heavy atom. The Kier molecular flexibility index (Phi) is 5.19. The van der Waals surface area contributed by atoms with Crippen LogP contribution in [0.3, 0.4) is 0 Å². The summed E-state index contributed by atoms with van der Waals surface area (Å²) in [5, 5.41) is 8.42. The molecule has 1 unspecified atom stereocenters. The minimum absolute atomic E-state index is 0.389. The maximum atomic E-state index is 4.64. The molecule has 0 spiro atoms. The first-order valence-corrected chi connectivity index (χ1v) is 9.08. The molecule has 20 heavy (non-hydrogen) atoms. The molecule has 1 fully saturated rings. The first kappa shape index (κ1) is 15.9. The van der Waals surface area contributed by atoms with E-state index in [1.807, 2.05) is 0 Å². The summed E-state index contributed by atoms with van der Waals surface area (Å²) in [4.78, 5) is 0. The number of aromatic nitrogens is 2. The van der Waals surface area contributed by atoms with E-state index in [1.54, 1.807) is 0 Å². The van der Waals surface area contributed by atoms with E-state index in [1.165, 1.54) is 42.6 Å². The summed E-state index contributed by atoms with van der Waals surface area (Å²) < 4.78 is 2.58. The van der Waals surface area contributed by atoms with E-state index >= 15 is 0 Å². The highest BCUT2D eigenvalue weighted by Gasteiger charge is 2.33. The van der Waals surface area contributed by atoms with Gasteiger partial charge in [-0.15, -0.1) is 0 Å². The van der Waals surface area contributed by atoms with Gasteiger partial charge in [0.25, 0.3) is 0 Å². The van der Waals surface area contributed by atoms with Crippen LogP contribution in [-0.2, 0) is 6.54 Å². The van der Waals surface area contributed by atoms with E-state index in [4.69, 9.17) is 0 Å². The van der Waals surface area contributed by atoms with Crippen LogP contribution in [-0.4, -0.2) is 27.3 Å². The molecule has 1 saturated carbocycles. The SMILES string of the molecule is CCn1nc(C)c(C(C)NCC2(SC)CCCC2)c1C. The van der Waals surface area contributed by atoms with Crippen molar-refractivity contribution in [1.82, 2.24) is 15.1 Å². The molecular weight excluding hydrogens is 266 g/mol. The van der Waals surface area contributed by atoms with Crippen LogP contribution in [0.1, 0.15) is 62.5 Å². The fourth-order valence-corrected chi connectivity index (χ4v) is 4.48. The van der Waals surface area contributed by atoms with E-state index in [-0.39, 0.29) is 0 Å². The van der Waals surface area contributed by atoms with Gasteiger partial charge in [-0.2, -0.15) is 16.9 Å². The third-order valence-electron chi connectivity index (χ3n) is 4.85. The smallest absolute Gasteiger partial charge is 0.0644 e. The van der Waals surface area contributed by atoms with Gasteiger partial charge in [0.15, 0.2) is 0 Å². The largest absolute Gasteiger partial charge is 0.309 e. The zero-order valence-electron chi connectivity index (χ0n) is 13.6. The molecule has 1 heterocycles. The first-order valence-electron chi connectivity index (χ1n) is 7.85. The summed E-state index contributed by atoms with van der Waals surface area (Å²) in [5.41, 5.74) is 3.88. The van der Waals surface area contributed by atoms with Crippen LogP contribution >= 0.6 is 11.8 Å². The Morgan fingerprint density at radius 2 is 2.00 bits per heavy atom. The fourth-order valence-electron chi connectivity index (χ4n) is 3.56. The van der Waals surface area contributed by atoms with E-state index in [2.05, 4.69) is 60.8 Å². The van der Waals surface area contributed by atoms with E-state index < -0.39 is 0 Å². The van der Waals surface area contributed by atoms with Crippen LogP contribution < -0.4 is 5.32 Å². The lowest BCUT2D eigenvalue weighted by Crippen LogP contribution is -2.36. The van der Waals surface area contributed by atoms with Crippen molar-refractivity contribution in [2.24, 2.45) is 0 Å². The molecule has 1 atom stereocenters. The Morgan fingerprint density at radius 1 is 1.35 bits per heavy atom. The van der Waals surface area contributed by atoms with Crippen molar-refractivity contribution in [3.05, 3.63) is 17.0 Å². The van der Waals surface area contributed by atoms with Crippen molar-refractivity contribution in [3.63, 3.8) is 0 Å². The topological polar surface area (TPSA) is 29.9 Å².